The van der Waals surface area contributed by atoms with E-state index >= 15 is 0 Å². The van der Waals surface area contributed by atoms with Gasteiger partial charge in [0.25, 0.3) is 0 Å². The number of H-pyrrole nitrogens is 1. The van der Waals surface area contributed by atoms with Crippen molar-refractivity contribution in [2.45, 2.75) is 32.6 Å². The lowest BCUT2D eigenvalue weighted by molar-refractivity contribution is 0.748. The van der Waals surface area contributed by atoms with Crippen LogP contribution in [0.25, 0.3) is 33.1 Å². The topological polar surface area (TPSA) is 54.7 Å². The Kier molecular flexibility index (Phi) is 4.72. The summed E-state index contributed by atoms with van der Waals surface area (Å²) in [6.45, 7) is 2.96. The number of benzene rings is 2. The van der Waals surface area contributed by atoms with E-state index in [2.05, 4.69) is 59.4 Å². The van der Waals surface area contributed by atoms with Gasteiger partial charge in [0.1, 0.15) is 0 Å². The smallest absolute Gasteiger partial charge is 0.0708 e. The van der Waals surface area contributed by atoms with Crippen LogP contribution in [0.4, 0.5) is 0 Å². The molecule has 0 saturated carbocycles. The van der Waals surface area contributed by atoms with Crippen molar-refractivity contribution in [1.29, 1.82) is 0 Å². The van der Waals surface area contributed by atoms with Crippen LogP contribution in [0.15, 0.2) is 54.7 Å². The molecule has 132 valence electrons. The molecule has 0 amide bonds. The zero-order valence-electron chi connectivity index (χ0n) is 15.3. The maximum atomic E-state index is 5.73. The number of hydrogen-bond acceptors (Lipinski definition) is 2. The van der Waals surface area contributed by atoms with Gasteiger partial charge in [0.05, 0.1) is 11.2 Å². The molecule has 0 aliphatic rings. The van der Waals surface area contributed by atoms with Gasteiger partial charge in [-0.25, -0.2) is 0 Å². The number of nitrogens with zero attached hydrogens (tertiary/aromatic N) is 1. The molecule has 4 rings (SSSR count). The van der Waals surface area contributed by atoms with Crippen LogP contribution in [-0.2, 0) is 12.8 Å². The van der Waals surface area contributed by atoms with Gasteiger partial charge in [0.2, 0.25) is 0 Å². The lowest BCUT2D eigenvalue weighted by atomic mass is 9.97. The van der Waals surface area contributed by atoms with Gasteiger partial charge in [-0.3, -0.25) is 4.98 Å². The zero-order valence-corrected chi connectivity index (χ0v) is 15.3. The molecule has 0 saturated heterocycles. The minimum absolute atomic E-state index is 0.746. The van der Waals surface area contributed by atoms with E-state index in [-0.39, 0.29) is 0 Å². The van der Waals surface area contributed by atoms with Crippen LogP contribution >= 0.6 is 0 Å². The van der Waals surface area contributed by atoms with E-state index in [1.54, 1.807) is 0 Å². The second kappa shape index (κ2) is 7.30. The Bertz CT molecular complexity index is 1040. The van der Waals surface area contributed by atoms with Crippen LogP contribution < -0.4 is 5.73 Å². The average molecular weight is 343 g/mol. The van der Waals surface area contributed by atoms with E-state index in [0.29, 0.717) is 0 Å². The number of unbranched alkanes of at least 4 members (excludes halogenated alkanes) is 1. The largest absolute Gasteiger partial charge is 0.354 e. The summed E-state index contributed by atoms with van der Waals surface area (Å²) in [6.07, 6.45) is 6.08. The Morgan fingerprint density at radius 1 is 0.962 bits per heavy atom. The van der Waals surface area contributed by atoms with Crippen molar-refractivity contribution in [2.75, 3.05) is 6.54 Å². The Balaban J connectivity index is 1.96. The lowest BCUT2D eigenvalue weighted by Crippen LogP contribution is -1.99. The van der Waals surface area contributed by atoms with Gasteiger partial charge in [-0.05, 0) is 55.5 Å². The first-order chi connectivity index (χ1) is 12.8. The lowest BCUT2D eigenvalue weighted by Gasteiger charge is -2.08. The minimum atomic E-state index is 0.746. The van der Waals surface area contributed by atoms with Crippen LogP contribution in [0.1, 0.15) is 30.9 Å². The molecule has 3 nitrogen and oxygen atoms in total. The van der Waals surface area contributed by atoms with Gasteiger partial charge >= 0.3 is 0 Å². The Morgan fingerprint density at radius 2 is 1.81 bits per heavy atom. The summed E-state index contributed by atoms with van der Waals surface area (Å²) in [5.41, 5.74) is 13.3. The summed E-state index contributed by atoms with van der Waals surface area (Å²) < 4.78 is 0. The predicted molar refractivity (Wildman–Crippen MR) is 110 cm³/mol. The van der Waals surface area contributed by atoms with E-state index in [1.807, 2.05) is 12.3 Å². The molecule has 2 aromatic carbocycles. The molecular formula is C23H25N3. The highest BCUT2D eigenvalue weighted by Crippen LogP contribution is 2.36. The highest BCUT2D eigenvalue weighted by molar-refractivity contribution is 6.00. The highest BCUT2D eigenvalue weighted by atomic mass is 14.7. The maximum Gasteiger partial charge on any atom is 0.0708 e. The van der Waals surface area contributed by atoms with Gasteiger partial charge in [-0.2, -0.15) is 0 Å². The van der Waals surface area contributed by atoms with E-state index in [0.717, 1.165) is 37.7 Å². The Hall–Kier alpha value is -2.65. The third-order valence-electron chi connectivity index (χ3n) is 5.20. The number of aromatic amines is 1. The van der Waals surface area contributed by atoms with Crippen molar-refractivity contribution >= 4 is 21.8 Å². The SMILES string of the molecule is CCc1cccc2c(CCCCN)c(-c3cccc4ncccc34)[nH]c12. The van der Waals surface area contributed by atoms with Crippen molar-refractivity contribution in [1.82, 2.24) is 9.97 Å². The van der Waals surface area contributed by atoms with Gasteiger partial charge in [-0.15, -0.1) is 0 Å². The zero-order chi connectivity index (χ0) is 17.9. The number of para-hydroxylation sites is 1. The van der Waals surface area contributed by atoms with Crippen LogP contribution in [0.2, 0.25) is 0 Å². The van der Waals surface area contributed by atoms with Gasteiger partial charge < -0.3 is 10.7 Å². The van der Waals surface area contributed by atoms with Gasteiger partial charge in [-0.1, -0.05) is 43.3 Å². The van der Waals surface area contributed by atoms with Gasteiger partial charge in [0, 0.05) is 28.0 Å². The monoisotopic (exact) mass is 343 g/mol. The number of aromatic nitrogens is 2. The van der Waals surface area contributed by atoms with Crippen molar-refractivity contribution in [2.24, 2.45) is 5.73 Å². The fourth-order valence-corrected chi connectivity index (χ4v) is 3.89. The number of nitrogens with two attached hydrogens (primary N) is 1. The first-order valence-corrected chi connectivity index (χ1v) is 9.50. The van der Waals surface area contributed by atoms with E-state index < -0.39 is 0 Å². The van der Waals surface area contributed by atoms with Gasteiger partial charge in [0.15, 0.2) is 0 Å². The molecule has 26 heavy (non-hydrogen) atoms. The molecular weight excluding hydrogens is 318 g/mol. The summed E-state index contributed by atoms with van der Waals surface area (Å²) >= 11 is 0. The first-order valence-electron chi connectivity index (χ1n) is 9.50. The molecule has 0 spiro atoms. The summed E-state index contributed by atoms with van der Waals surface area (Å²) in [7, 11) is 0. The molecule has 2 aromatic heterocycles. The number of fused-ring (bicyclic) bond motifs is 2. The standard InChI is InChI=1S/C23H25N3/c1-2-16-8-5-10-19-20(9-3-4-14-24)23(26-22(16)19)18-11-6-13-21-17(18)12-7-15-25-21/h5-8,10-13,15,26H,2-4,9,14,24H2,1H3. The number of hydrogen-bond donors (Lipinski definition) is 2. The normalized spacial score (nSPS) is 11.5. The molecule has 2 heterocycles. The van der Waals surface area contributed by atoms with E-state index in [4.69, 9.17) is 5.73 Å². The maximum absolute atomic E-state index is 5.73. The fraction of sp³-hybridized carbons (Fsp3) is 0.261. The predicted octanol–water partition coefficient (Wildman–Crippen LogP) is 5.23. The minimum Gasteiger partial charge on any atom is -0.354 e. The highest BCUT2D eigenvalue weighted by Gasteiger charge is 2.16. The van der Waals surface area contributed by atoms with E-state index in [1.165, 1.54) is 38.7 Å². The number of nitrogens with one attached hydrogen (secondary N) is 1. The average Bonchev–Trinajstić information content (AvgIpc) is 3.06. The summed E-state index contributed by atoms with van der Waals surface area (Å²) in [4.78, 5) is 8.29. The number of pyridine rings is 1. The third kappa shape index (κ3) is 2.89. The molecule has 0 aliphatic heterocycles. The molecule has 3 heteroatoms. The molecule has 0 unspecified atom stereocenters. The van der Waals surface area contributed by atoms with Crippen LogP contribution in [0.3, 0.4) is 0 Å². The third-order valence-corrected chi connectivity index (χ3v) is 5.20. The molecule has 0 bridgehead atoms. The fourth-order valence-electron chi connectivity index (χ4n) is 3.89. The number of aryl methyl sites for hydroxylation is 2. The van der Waals surface area contributed by atoms with Crippen LogP contribution in [-0.4, -0.2) is 16.5 Å². The quantitative estimate of drug-likeness (QED) is 0.471. The second-order valence-corrected chi connectivity index (χ2v) is 6.79. The number of rotatable bonds is 6. The molecule has 3 N–H and O–H groups in total. The van der Waals surface area contributed by atoms with Crippen LogP contribution in [0, 0.1) is 0 Å². The molecule has 0 radical (unpaired) electrons. The summed E-state index contributed by atoms with van der Waals surface area (Å²) in [5, 5.41) is 2.54. The first kappa shape index (κ1) is 16.8. The molecule has 0 aliphatic carbocycles. The Labute approximate surface area is 154 Å². The second-order valence-electron chi connectivity index (χ2n) is 6.79. The van der Waals surface area contributed by atoms with E-state index in [9.17, 15) is 0 Å². The van der Waals surface area contributed by atoms with Crippen molar-refractivity contribution < 1.29 is 0 Å². The molecule has 4 aromatic rings. The van der Waals surface area contributed by atoms with Crippen molar-refractivity contribution in [3.8, 4) is 11.3 Å². The molecule has 0 atom stereocenters. The summed E-state index contributed by atoms with van der Waals surface area (Å²) in [6, 6.07) is 17.2. The van der Waals surface area contributed by atoms with Crippen molar-refractivity contribution in [3.05, 3.63) is 65.9 Å². The van der Waals surface area contributed by atoms with Crippen LogP contribution in [0.5, 0.6) is 0 Å². The van der Waals surface area contributed by atoms with Crippen molar-refractivity contribution in [3.63, 3.8) is 0 Å². The Morgan fingerprint density at radius 3 is 2.65 bits per heavy atom. The molecule has 0 fully saturated rings. The summed E-state index contributed by atoms with van der Waals surface area (Å²) in [5.74, 6) is 0.